The van der Waals surface area contributed by atoms with E-state index >= 15 is 0 Å². The lowest BCUT2D eigenvalue weighted by molar-refractivity contribution is 0.0394. The number of nitrogens with zero attached hydrogens (tertiary/aromatic N) is 2. The summed E-state index contributed by atoms with van der Waals surface area (Å²) in [6, 6.07) is 1.59. The number of hydrogen-bond acceptors (Lipinski definition) is 5. The van der Waals surface area contributed by atoms with E-state index in [-0.39, 0.29) is 18.5 Å². The van der Waals surface area contributed by atoms with Gasteiger partial charge in [-0.05, 0) is 32.5 Å². The topological polar surface area (TPSA) is 82.9 Å². The molecule has 6 nitrogen and oxygen atoms in total. The van der Waals surface area contributed by atoms with Gasteiger partial charge in [-0.3, -0.25) is 9.69 Å². The molecule has 1 amide bonds. The van der Waals surface area contributed by atoms with E-state index < -0.39 is 6.10 Å². The molecule has 0 bridgehead atoms. The fourth-order valence-electron chi connectivity index (χ4n) is 2.81. The van der Waals surface area contributed by atoms with Crippen molar-refractivity contribution < 1.29 is 14.3 Å². The summed E-state index contributed by atoms with van der Waals surface area (Å²) in [5, 5.41) is 9.85. The van der Waals surface area contributed by atoms with Gasteiger partial charge in [-0.25, -0.2) is 0 Å². The maximum absolute atomic E-state index is 12.6. The van der Waals surface area contributed by atoms with Crippen LogP contribution in [0.1, 0.15) is 42.1 Å². The lowest BCUT2D eigenvalue weighted by Gasteiger charge is -2.33. The number of carbonyl (C=O) groups is 1. The van der Waals surface area contributed by atoms with Crippen LogP contribution in [0.3, 0.4) is 0 Å². The van der Waals surface area contributed by atoms with Crippen LogP contribution in [0.5, 0.6) is 0 Å². The number of carbonyl (C=O) groups excluding carboxylic acids is 1. The Bertz CT molecular complexity index is 511. The molecule has 1 aliphatic heterocycles. The van der Waals surface area contributed by atoms with E-state index in [1.54, 1.807) is 4.90 Å². The first-order valence-corrected chi connectivity index (χ1v) is 8.00. The molecule has 124 valence electrons. The Balaban J connectivity index is 2.08. The molecule has 2 rings (SSSR count). The number of aliphatic hydroxyl groups excluding tert-OH is 1. The molecule has 2 heterocycles. The molecule has 1 saturated heterocycles. The van der Waals surface area contributed by atoms with Gasteiger partial charge in [-0.15, -0.1) is 0 Å². The monoisotopic (exact) mass is 309 g/mol. The summed E-state index contributed by atoms with van der Waals surface area (Å²) in [6.45, 7) is 9.46. The summed E-state index contributed by atoms with van der Waals surface area (Å²) in [5.41, 5.74) is 6.37. The summed E-state index contributed by atoms with van der Waals surface area (Å²) in [4.78, 5) is 16.5. The molecule has 0 saturated carbocycles. The van der Waals surface area contributed by atoms with Gasteiger partial charge in [-0.1, -0.05) is 13.8 Å². The van der Waals surface area contributed by atoms with E-state index in [1.165, 1.54) is 0 Å². The van der Waals surface area contributed by atoms with Crippen molar-refractivity contribution >= 4 is 5.91 Å². The molecule has 3 N–H and O–H groups in total. The van der Waals surface area contributed by atoms with Crippen LogP contribution < -0.4 is 5.73 Å². The van der Waals surface area contributed by atoms with E-state index in [0.29, 0.717) is 30.8 Å². The highest BCUT2D eigenvalue weighted by atomic mass is 16.3. The Kier molecular flexibility index (Phi) is 5.61. The molecule has 0 aliphatic carbocycles. The predicted molar refractivity (Wildman–Crippen MR) is 84.6 cm³/mol. The van der Waals surface area contributed by atoms with Crippen LogP contribution in [0.2, 0.25) is 0 Å². The van der Waals surface area contributed by atoms with Crippen LogP contribution in [0.25, 0.3) is 0 Å². The number of rotatable bonds is 5. The first-order chi connectivity index (χ1) is 10.5. The number of hydrogen-bond donors (Lipinski definition) is 2. The number of aryl methyl sites for hydroxylation is 1. The predicted octanol–water partition coefficient (Wildman–Crippen LogP) is 0.964. The second-order valence-electron chi connectivity index (χ2n) is 5.92. The van der Waals surface area contributed by atoms with Crippen molar-refractivity contribution in [1.29, 1.82) is 0 Å². The Labute approximate surface area is 131 Å². The summed E-state index contributed by atoms with van der Waals surface area (Å²) < 4.78 is 5.73. The summed E-state index contributed by atoms with van der Waals surface area (Å²) in [7, 11) is 0. The van der Waals surface area contributed by atoms with E-state index in [0.717, 1.165) is 18.8 Å². The number of β-amino-alcohol motifs (C(OH)–C–C–N with tert-alkyl or cyclic N) is 1. The highest BCUT2D eigenvalue weighted by molar-refractivity contribution is 5.95. The molecule has 1 aromatic rings. The third kappa shape index (κ3) is 3.69. The first kappa shape index (κ1) is 17.0. The number of piperidine rings is 1. The minimum atomic E-state index is -0.653. The maximum atomic E-state index is 12.6. The van der Waals surface area contributed by atoms with Crippen LogP contribution in [0.15, 0.2) is 10.5 Å². The SMILES string of the molecule is CCN(CC)Cc1cc(C(=O)N2CC[C@@H](N)[C@H](O)C2)c(C)o1. The van der Waals surface area contributed by atoms with Crippen molar-refractivity contribution in [2.24, 2.45) is 5.73 Å². The Morgan fingerprint density at radius 1 is 1.50 bits per heavy atom. The second kappa shape index (κ2) is 7.26. The Morgan fingerprint density at radius 2 is 2.18 bits per heavy atom. The largest absolute Gasteiger partial charge is 0.464 e. The van der Waals surface area contributed by atoms with Crippen molar-refractivity contribution in [3.63, 3.8) is 0 Å². The number of furan rings is 1. The fourth-order valence-corrected chi connectivity index (χ4v) is 2.81. The normalized spacial score (nSPS) is 22.4. The quantitative estimate of drug-likeness (QED) is 0.846. The smallest absolute Gasteiger partial charge is 0.257 e. The zero-order valence-electron chi connectivity index (χ0n) is 13.7. The van der Waals surface area contributed by atoms with Gasteiger partial charge in [0.15, 0.2) is 0 Å². The maximum Gasteiger partial charge on any atom is 0.257 e. The van der Waals surface area contributed by atoms with Gasteiger partial charge in [0.05, 0.1) is 18.2 Å². The van der Waals surface area contributed by atoms with Crippen LogP contribution >= 0.6 is 0 Å². The molecule has 2 atom stereocenters. The van der Waals surface area contributed by atoms with Crippen LogP contribution in [-0.4, -0.2) is 59.1 Å². The first-order valence-electron chi connectivity index (χ1n) is 8.00. The molecule has 6 heteroatoms. The van der Waals surface area contributed by atoms with Gasteiger partial charge >= 0.3 is 0 Å². The van der Waals surface area contributed by atoms with E-state index in [2.05, 4.69) is 18.7 Å². The molecule has 22 heavy (non-hydrogen) atoms. The van der Waals surface area contributed by atoms with Gasteiger partial charge in [0.1, 0.15) is 11.5 Å². The van der Waals surface area contributed by atoms with Gasteiger partial charge in [0.2, 0.25) is 0 Å². The second-order valence-corrected chi connectivity index (χ2v) is 5.92. The molecular weight excluding hydrogens is 282 g/mol. The average molecular weight is 309 g/mol. The van der Waals surface area contributed by atoms with E-state index in [1.807, 2.05) is 13.0 Å². The standard InChI is InChI=1S/C16H27N3O3/c1-4-18(5-2)9-12-8-13(11(3)22-12)16(21)19-7-6-14(17)15(20)10-19/h8,14-15,20H,4-7,9-10,17H2,1-3H3/t14-,15-/m1/s1. The highest BCUT2D eigenvalue weighted by Gasteiger charge is 2.30. The number of nitrogens with two attached hydrogens (primary N) is 1. The average Bonchev–Trinajstić information content (AvgIpc) is 2.87. The van der Waals surface area contributed by atoms with Gasteiger partial charge < -0.3 is 20.2 Å². The zero-order valence-corrected chi connectivity index (χ0v) is 13.7. The lowest BCUT2D eigenvalue weighted by Crippen LogP contribution is -2.52. The number of amides is 1. The van der Waals surface area contributed by atoms with Crippen LogP contribution in [0, 0.1) is 6.92 Å². The van der Waals surface area contributed by atoms with Crippen molar-refractivity contribution in [3.05, 3.63) is 23.2 Å². The fraction of sp³-hybridized carbons (Fsp3) is 0.688. The van der Waals surface area contributed by atoms with E-state index in [9.17, 15) is 9.90 Å². The van der Waals surface area contributed by atoms with Crippen molar-refractivity contribution in [2.75, 3.05) is 26.2 Å². The minimum absolute atomic E-state index is 0.0852. The minimum Gasteiger partial charge on any atom is -0.464 e. The Hall–Kier alpha value is -1.37. The van der Waals surface area contributed by atoms with Crippen molar-refractivity contribution in [1.82, 2.24) is 9.80 Å². The van der Waals surface area contributed by atoms with Crippen molar-refractivity contribution in [2.45, 2.75) is 45.9 Å². The van der Waals surface area contributed by atoms with Crippen LogP contribution in [0.4, 0.5) is 0 Å². The number of aliphatic hydroxyl groups is 1. The molecule has 0 spiro atoms. The van der Waals surface area contributed by atoms with Gasteiger partial charge in [-0.2, -0.15) is 0 Å². The van der Waals surface area contributed by atoms with Gasteiger partial charge in [0, 0.05) is 19.1 Å². The molecule has 0 radical (unpaired) electrons. The summed E-state index contributed by atoms with van der Waals surface area (Å²) >= 11 is 0. The van der Waals surface area contributed by atoms with E-state index in [4.69, 9.17) is 10.2 Å². The highest BCUT2D eigenvalue weighted by Crippen LogP contribution is 2.20. The van der Waals surface area contributed by atoms with Crippen molar-refractivity contribution in [3.8, 4) is 0 Å². The molecule has 0 aromatic carbocycles. The summed E-state index contributed by atoms with van der Waals surface area (Å²) in [6.07, 6.45) is -0.0316. The van der Waals surface area contributed by atoms with Gasteiger partial charge in [0.25, 0.3) is 5.91 Å². The zero-order chi connectivity index (χ0) is 16.3. The number of likely N-dealkylation sites (tertiary alicyclic amines) is 1. The summed E-state index contributed by atoms with van der Waals surface area (Å²) in [5.74, 6) is 1.35. The molecular formula is C16H27N3O3. The lowest BCUT2D eigenvalue weighted by atomic mass is 10.0. The molecule has 1 aromatic heterocycles. The molecule has 1 fully saturated rings. The Morgan fingerprint density at radius 3 is 2.77 bits per heavy atom. The van der Waals surface area contributed by atoms with Crippen LogP contribution in [-0.2, 0) is 6.54 Å². The molecule has 0 unspecified atom stereocenters. The third-order valence-corrected chi connectivity index (χ3v) is 4.39. The molecule has 1 aliphatic rings. The third-order valence-electron chi connectivity index (χ3n) is 4.39.